The van der Waals surface area contributed by atoms with Crippen LogP contribution in [0, 0.1) is 11.8 Å². The van der Waals surface area contributed by atoms with E-state index in [1.807, 2.05) is 0 Å². The van der Waals surface area contributed by atoms with Crippen LogP contribution in [0.5, 0.6) is 0 Å². The van der Waals surface area contributed by atoms with Gasteiger partial charge < -0.3 is 5.11 Å². The lowest BCUT2D eigenvalue weighted by atomic mass is 9.96. The van der Waals surface area contributed by atoms with E-state index in [4.69, 9.17) is 5.11 Å². The van der Waals surface area contributed by atoms with Gasteiger partial charge in [-0.05, 0) is 6.42 Å². The van der Waals surface area contributed by atoms with Gasteiger partial charge in [0.25, 0.3) is 10.0 Å². The van der Waals surface area contributed by atoms with Crippen molar-refractivity contribution in [2.45, 2.75) is 23.7 Å². The summed E-state index contributed by atoms with van der Waals surface area (Å²) in [6.07, 6.45) is -3.17. The van der Waals surface area contributed by atoms with Gasteiger partial charge in [0.15, 0.2) is 4.21 Å². The highest BCUT2D eigenvalue weighted by atomic mass is 32.2. The van der Waals surface area contributed by atoms with E-state index >= 15 is 0 Å². The first-order valence-corrected chi connectivity index (χ1v) is 8.57. The van der Waals surface area contributed by atoms with E-state index in [0.29, 0.717) is 15.7 Å². The van der Waals surface area contributed by atoms with Crippen LogP contribution in [0.3, 0.4) is 0 Å². The zero-order chi connectivity index (χ0) is 16.7. The Labute approximate surface area is 128 Å². The van der Waals surface area contributed by atoms with Gasteiger partial charge in [-0.3, -0.25) is 4.79 Å². The number of aryl methyl sites for hydroxylation is 1. The summed E-state index contributed by atoms with van der Waals surface area (Å²) in [5.41, 5.74) is 0. The van der Waals surface area contributed by atoms with Gasteiger partial charge in [0.05, 0.1) is 23.0 Å². The van der Waals surface area contributed by atoms with Crippen molar-refractivity contribution in [3.63, 3.8) is 0 Å². The molecule has 1 aliphatic rings. The second-order valence-corrected chi connectivity index (χ2v) is 8.12. The molecule has 0 spiro atoms. The molecule has 0 aliphatic carbocycles. The number of halogens is 3. The number of nitrogens with zero attached hydrogens (tertiary/aromatic N) is 2. The Morgan fingerprint density at radius 1 is 1.50 bits per heavy atom. The molecule has 22 heavy (non-hydrogen) atoms. The van der Waals surface area contributed by atoms with Crippen molar-refractivity contribution >= 4 is 27.3 Å². The number of sulfonamides is 1. The number of rotatable bonds is 4. The topological polar surface area (TPSA) is 87.6 Å². The van der Waals surface area contributed by atoms with Crippen molar-refractivity contribution in [3.8, 4) is 0 Å². The van der Waals surface area contributed by atoms with E-state index in [1.54, 1.807) is 6.92 Å². The number of hydrogen-bond donors (Lipinski definition) is 1. The minimum absolute atomic E-state index is 0.170. The molecule has 0 radical (unpaired) electrons. The van der Waals surface area contributed by atoms with Crippen LogP contribution in [0.25, 0.3) is 0 Å². The first-order chi connectivity index (χ1) is 10.1. The molecule has 1 aromatic rings. The Morgan fingerprint density at radius 3 is 2.55 bits per heavy atom. The number of thiazole rings is 1. The molecule has 1 N–H and O–H groups in total. The van der Waals surface area contributed by atoms with Crippen molar-refractivity contribution in [2.75, 3.05) is 13.1 Å². The predicted octanol–water partition coefficient (Wildman–Crippen LogP) is 1.59. The summed E-state index contributed by atoms with van der Waals surface area (Å²) in [7, 11) is -4.16. The van der Waals surface area contributed by atoms with Gasteiger partial charge in [-0.1, -0.05) is 6.92 Å². The second kappa shape index (κ2) is 5.78. The molecule has 1 fully saturated rings. The van der Waals surface area contributed by atoms with Crippen LogP contribution in [0.15, 0.2) is 10.4 Å². The lowest BCUT2D eigenvalue weighted by Gasteiger charge is -2.18. The van der Waals surface area contributed by atoms with Gasteiger partial charge in [-0.15, -0.1) is 11.3 Å². The first-order valence-electron chi connectivity index (χ1n) is 6.31. The van der Waals surface area contributed by atoms with E-state index in [9.17, 15) is 26.4 Å². The molecule has 124 valence electrons. The summed E-state index contributed by atoms with van der Waals surface area (Å²) >= 11 is 0.876. The van der Waals surface area contributed by atoms with Crippen molar-refractivity contribution in [3.05, 3.63) is 11.2 Å². The highest BCUT2D eigenvalue weighted by Crippen LogP contribution is 2.40. The van der Waals surface area contributed by atoms with Crippen LogP contribution in [0.2, 0.25) is 0 Å². The Balaban J connectivity index is 2.31. The molecular formula is C11H13F3N2O4S2. The molecular weight excluding hydrogens is 345 g/mol. The zero-order valence-electron chi connectivity index (χ0n) is 11.4. The fraction of sp³-hybridized carbons (Fsp3) is 0.636. The molecule has 11 heteroatoms. The van der Waals surface area contributed by atoms with Gasteiger partial charge in [-0.2, -0.15) is 17.5 Å². The standard InChI is InChI=1S/C11H13F3N2O4S2/c1-2-8-15-3-9(21-8)22(19,20)16-4-6(10(17)18)7(5-16)11(12,13)14/h3,6-7H,2,4-5H2,1H3,(H,17,18)/t6-,7-/m1/s1. The summed E-state index contributed by atoms with van der Waals surface area (Å²) < 4.78 is 63.8. The molecule has 1 aliphatic heterocycles. The highest BCUT2D eigenvalue weighted by Gasteiger charge is 2.55. The maximum absolute atomic E-state index is 12.9. The largest absolute Gasteiger partial charge is 0.481 e. The first kappa shape index (κ1) is 17.2. The SMILES string of the molecule is CCc1ncc(S(=O)(=O)N2C[C@@H](C(F)(F)F)[C@H](C(=O)O)C2)s1. The van der Waals surface area contributed by atoms with Gasteiger partial charge in [0.2, 0.25) is 0 Å². The average molecular weight is 358 g/mol. The Morgan fingerprint density at radius 2 is 2.14 bits per heavy atom. The summed E-state index contributed by atoms with van der Waals surface area (Å²) in [6.45, 7) is 0.189. The number of carboxylic acids is 1. The molecule has 2 heterocycles. The molecule has 2 rings (SSSR count). The molecule has 0 bridgehead atoms. The second-order valence-electron chi connectivity index (χ2n) is 4.84. The molecule has 1 saturated heterocycles. The van der Waals surface area contributed by atoms with Gasteiger partial charge in [0.1, 0.15) is 0 Å². The van der Waals surface area contributed by atoms with E-state index in [1.165, 1.54) is 0 Å². The molecule has 2 atom stereocenters. The molecule has 1 aromatic heterocycles. The van der Waals surface area contributed by atoms with Crippen LogP contribution in [-0.4, -0.2) is 48.0 Å². The normalized spacial score (nSPS) is 23.8. The third kappa shape index (κ3) is 3.10. The quantitative estimate of drug-likeness (QED) is 0.883. The third-order valence-corrected chi connectivity index (χ3v) is 6.86. The smallest absolute Gasteiger partial charge is 0.393 e. The van der Waals surface area contributed by atoms with Crippen LogP contribution >= 0.6 is 11.3 Å². The van der Waals surface area contributed by atoms with Crippen LogP contribution < -0.4 is 0 Å². The number of alkyl halides is 3. The van der Waals surface area contributed by atoms with Gasteiger partial charge in [-0.25, -0.2) is 13.4 Å². The number of aliphatic carboxylic acids is 1. The Bertz CT molecular complexity index is 671. The number of hydrogen-bond acceptors (Lipinski definition) is 5. The van der Waals surface area contributed by atoms with E-state index < -0.39 is 47.1 Å². The lowest BCUT2D eigenvalue weighted by molar-refractivity contribution is -0.187. The van der Waals surface area contributed by atoms with Crippen molar-refractivity contribution < 1.29 is 31.5 Å². The monoisotopic (exact) mass is 358 g/mol. The maximum Gasteiger partial charge on any atom is 0.393 e. The fourth-order valence-corrected chi connectivity index (χ4v) is 5.02. The zero-order valence-corrected chi connectivity index (χ0v) is 13.0. The van der Waals surface area contributed by atoms with E-state index in [0.717, 1.165) is 17.5 Å². The maximum atomic E-state index is 12.9. The summed E-state index contributed by atoms with van der Waals surface area (Å²) in [6, 6.07) is 0. The molecule has 6 nitrogen and oxygen atoms in total. The number of carboxylic acid groups (broad SMARTS) is 1. The van der Waals surface area contributed by atoms with Crippen LogP contribution in [0.1, 0.15) is 11.9 Å². The minimum atomic E-state index is -4.77. The lowest BCUT2D eigenvalue weighted by Crippen LogP contribution is -2.34. The molecule has 0 amide bonds. The van der Waals surface area contributed by atoms with Crippen LogP contribution in [-0.2, 0) is 21.2 Å². The average Bonchev–Trinajstić information content (AvgIpc) is 3.05. The minimum Gasteiger partial charge on any atom is -0.481 e. The van der Waals surface area contributed by atoms with Crippen molar-refractivity contribution in [2.24, 2.45) is 11.8 Å². The molecule has 0 aromatic carbocycles. The highest BCUT2D eigenvalue weighted by molar-refractivity contribution is 7.91. The van der Waals surface area contributed by atoms with Crippen molar-refractivity contribution in [1.82, 2.24) is 9.29 Å². The Hall–Kier alpha value is -1.20. The molecule has 0 saturated carbocycles. The predicted molar refractivity (Wildman–Crippen MR) is 70.9 cm³/mol. The Kier molecular flexibility index (Phi) is 4.51. The summed E-state index contributed by atoms with van der Waals surface area (Å²) in [5.74, 6) is -5.66. The third-order valence-electron chi connectivity index (χ3n) is 3.45. The van der Waals surface area contributed by atoms with E-state index in [-0.39, 0.29) is 4.21 Å². The summed E-state index contributed by atoms with van der Waals surface area (Å²) in [4.78, 5) is 14.9. The number of carbonyl (C=O) groups is 1. The molecule has 0 unspecified atom stereocenters. The van der Waals surface area contributed by atoms with Crippen LogP contribution in [0.4, 0.5) is 13.2 Å². The van der Waals surface area contributed by atoms with Crippen molar-refractivity contribution in [1.29, 1.82) is 0 Å². The fourth-order valence-electron chi connectivity index (χ4n) is 2.25. The van der Waals surface area contributed by atoms with Gasteiger partial charge >= 0.3 is 12.1 Å². The summed E-state index contributed by atoms with van der Waals surface area (Å²) in [5, 5.41) is 9.45. The number of aromatic nitrogens is 1. The van der Waals surface area contributed by atoms with E-state index in [2.05, 4.69) is 4.98 Å². The van der Waals surface area contributed by atoms with Gasteiger partial charge in [0, 0.05) is 13.1 Å².